The fourth-order valence-corrected chi connectivity index (χ4v) is 3.05. The molecule has 9 nitrogen and oxygen atoms in total. The lowest BCUT2D eigenvalue weighted by Crippen LogP contribution is -2.32. The topological polar surface area (TPSA) is 102 Å². The highest BCUT2D eigenvalue weighted by molar-refractivity contribution is 5.63. The van der Waals surface area contributed by atoms with Crippen molar-refractivity contribution in [3.05, 3.63) is 64.6 Å². The van der Waals surface area contributed by atoms with Crippen molar-refractivity contribution < 1.29 is 32.3 Å². The normalized spacial score (nSPS) is 15.8. The third-order valence-electron chi connectivity index (χ3n) is 4.41. The maximum atomic E-state index is 12.3. The van der Waals surface area contributed by atoms with Crippen LogP contribution in [0.25, 0.3) is 11.1 Å². The Morgan fingerprint density at radius 1 is 1.23 bits per heavy atom. The Hall–Kier alpha value is -3.67. The molecule has 0 N–H and O–H groups in total. The standard InChI is InChI=1S/C19H15F3N4O5/c20-19(21,22)31-15-3-1-13(2-4-15)14-5-12(6-23-7-14)10-29-16-8-25-9-17(26(27)28)24-18(25)30-11-16/h1-7,9,16H,8,10-11H2/t16-/m0/s1. The minimum Gasteiger partial charge on any atom is -0.443 e. The molecule has 1 aliphatic heterocycles. The molecular formula is C19H15F3N4O5. The summed E-state index contributed by atoms with van der Waals surface area (Å²) in [6, 6.07) is 7.45. The molecule has 1 atom stereocenters. The molecule has 1 aliphatic rings. The van der Waals surface area contributed by atoms with E-state index in [-0.39, 0.29) is 36.9 Å². The summed E-state index contributed by atoms with van der Waals surface area (Å²) in [5, 5.41) is 10.8. The highest BCUT2D eigenvalue weighted by Crippen LogP contribution is 2.27. The summed E-state index contributed by atoms with van der Waals surface area (Å²) in [5.74, 6) is -0.598. The van der Waals surface area contributed by atoms with E-state index >= 15 is 0 Å². The van der Waals surface area contributed by atoms with Gasteiger partial charge in [0.2, 0.25) is 0 Å². The number of alkyl halides is 3. The Kier molecular flexibility index (Phi) is 5.46. The molecule has 0 aliphatic carbocycles. The molecule has 162 valence electrons. The Labute approximate surface area is 173 Å². The minimum absolute atomic E-state index is 0.174. The fourth-order valence-electron chi connectivity index (χ4n) is 3.05. The number of hydrogen-bond donors (Lipinski definition) is 0. The Bertz CT molecular complexity index is 1080. The van der Waals surface area contributed by atoms with Gasteiger partial charge < -0.3 is 24.3 Å². The molecule has 0 fully saturated rings. The number of pyridine rings is 1. The van der Waals surface area contributed by atoms with Gasteiger partial charge in [0, 0.05) is 22.9 Å². The smallest absolute Gasteiger partial charge is 0.443 e. The van der Waals surface area contributed by atoms with Gasteiger partial charge in [-0.15, -0.1) is 13.2 Å². The van der Waals surface area contributed by atoms with Gasteiger partial charge in [0.05, 0.1) is 13.2 Å². The third-order valence-corrected chi connectivity index (χ3v) is 4.41. The number of nitrogens with zero attached hydrogens (tertiary/aromatic N) is 4. The van der Waals surface area contributed by atoms with E-state index < -0.39 is 11.3 Å². The maximum Gasteiger partial charge on any atom is 0.573 e. The van der Waals surface area contributed by atoms with Crippen LogP contribution in [0.2, 0.25) is 0 Å². The molecule has 0 bridgehead atoms. The van der Waals surface area contributed by atoms with Crippen LogP contribution in [0.4, 0.5) is 19.0 Å². The van der Waals surface area contributed by atoms with E-state index in [2.05, 4.69) is 14.7 Å². The lowest BCUT2D eigenvalue weighted by atomic mass is 10.1. The van der Waals surface area contributed by atoms with Crippen LogP contribution >= 0.6 is 0 Å². The van der Waals surface area contributed by atoms with Gasteiger partial charge >= 0.3 is 18.2 Å². The molecule has 3 heterocycles. The molecule has 1 aromatic carbocycles. The molecule has 0 saturated carbocycles. The molecule has 3 aromatic rings. The van der Waals surface area contributed by atoms with Crippen molar-refractivity contribution in [2.75, 3.05) is 6.61 Å². The number of hydrogen-bond acceptors (Lipinski definition) is 7. The van der Waals surface area contributed by atoms with Crippen molar-refractivity contribution in [1.29, 1.82) is 0 Å². The largest absolute Gasteiger partial charge is 0.573 e. The minimum atomic E-state index is -4.74. The van der Waals surface area contributed by atoms with E-state index in [9.17, 15) is 23.3 Å². The van der Waals surface area contributed by atoms with Crippen molar-refractivity contribution in [2.24, 2.45) is 0 Å². The molecule has 0 saturated heterocycles. The van der Waals surface area contributed by atoms with E-state index in [4.69, 9.17) is 9.47 Å². The van der Waals surface area contributed by atoms with E-state index in [0.29, 0.717) is 17.7 Å². The van der Waals surface area contributed by atoms with Gasteiger partial charge in [-0.3, -0.25) is 9.55 Å². The SMILES string of the molecule is O=[N+]([O-])c1cn2c(n1)OC[C@@H](OCc1cncc(-c3ccc(OC(F)(F)F)cc3)c1)C2. The number of ether oxygens (including phenoxy) is 3. The monoisotopic (exact) mass is 436 g/mol. The first-order chi connectivity index (χ1) is 14.8. The van der Waals surface area contributed by atoms with Crippen molar-refractivity contribution >= 4 is 5.82 Å². The zero-order chi connectivity index (χ0) is 22.0. The van der Waals surface area contributed by atoms with Crippen LogP contribution < -0.4 is 9.47 Å². The number of aromatic nitrogens is 3. The average Bonchev–Trinajstić information content (AvgIpc) is 3.16. The second-order valence-electron chi connectivity index (χ2n) is 6.69. The third kappa shape index (κ3) is 5.09. The first-order valence-corrected chi connectivity index (χ1v) is 9.03. The van der Waals surface area contributed by atoms with E-state index in [1.807, 2.05) is 6.07 Å². The summed E-state index contributed by atoms with van der Waals surface area (Å²) in [5.41, 5.74) is 2.11. The molecule has 4 rings (SSSR count). The van der Waals surface area contributed by atoms with Crippen molar-refractivity contribution in [2.45, 2.75) is 25.6 Å². The second-order valence-corrected chi connectivity index (χ2v) is 6.69. The lowest BCUT2D eigenvalue weighted by Gasteiger charge is -2.22. The van der Waals surface area contributed by atoms with Crippen LogP contribution in [0, 0.1) is 10.1 Å². The number of halogens is 3. The van der Waals surface area contributed by atoms with Crippen LogP contribution in [0.3, 0.4) is 0 Å². The van der Waals surface area contributed by atoms with Crippen molar-refractivity contribution in [3.8, 4) is 22.9 Å². The van der Waals surface area contributed by atoms with Gasteiger partial charge in [0.1, 0.15) is 24.7 Å². The predicted molar refractivity (Wildman–Crippen MR) is 99.3 cm³/mol. The molecule has 31 heavy (non-hydrogen) atoms. The fraction of sp³-hybridized carbons (Fsp3) is 0.263. The zero-order valence-corrected chi connectivity index (χ0v) is 15.8. The number of fused-ring (bicyclic) bond motifs is 1. The van der Waals surface area contributed by atoms with Crippen molar-refractivity contribution in [1.82, 2.24) is 14.5 Å². The van der Waals surface area contributed by atoms with Crippen molar-refractivity contribution in [3.63, 3.8) is 0 Å². The van der Waals surface area contributed by atoms with Gasteiger partial charge in [-0.1, -0.05) is 12.1 Å². The lowest BCUT2D eigenvalue weighted by molar-refractivity contribution is -0.389. The molecule has 0 spiro atoms. The number of rotatable bonds is 6. The number of imidazole rings is 1. The van der Waals surface area contributed by atoms with Crippen LogP contribution in [0.15, 0.2) is 48.9 Å². The van der Waals surface area contributed by atoms with Gasteiger partial charge in [-0.2, -0.15) is 0 Å². The summed E-state index contributed by atoms with van der Waals surface area (Å²) >= 11 is 0. The van der Waals surface area contributed by atoms with Gasteiger partial charge in [0.25, 0.3) is 0 Å². The number of nitro groups is 1. The van der Waals surface area contributed by atoms with Crippen LogP contribution in [-0.4, -0.2) is 38.5 Å². The summed E-state index contributed by atoms with van der Waals surface area (Å²) in [4.78, 5) is 18.2. The number of benzene rings is 1. The first-order valence-electron chi connectivity index (χ1n) is 9.03. The Morgan fingerprint density at radius 2 is 2.00 bits per heavy atom. The quantitative estimate of drug-likeness (QED) is 0.429. The average molecular weight is 436 g/mol. The second kappa shape index (κ2) is 8.22. The molecular weight excluding hydrogens is 421 g/mol. The molecule has 12 heteroatoms. The van der Waals surface area contributed by atoms with Gasteiger partial charge in [-0.25, -0.2) is 0 Å². The van der Waals surface area contributed by atoms with E-state index in [1.54, 1.807) is 12.4 Å². The van der Waals surface area contributed by atoms with Crippen LogP contribution in [0.1, 0.15) is 5.56 Å². The highest BCUT2D eigenvalue weighted by Gasteiger charge is 2.31. The van der Waals surface area contributed by atoms with Crippen LogP contribution in [-0.2, 0) is 17.9 Å². The zero-order valence-electron chi connectivity index (χ0n) is 15.8. The highest BCUT2D eigenvalue weighted by atomic mass is 19.4. The Morgan fingerprint density at radius 3 is 2.71 bits per heavy atom. The van der Waals surface area contributed by atoms with E-state index in [1.165, 1.54) is 35.0 Å². The summed E-state index contributed by atoms with van der Waals surface area (Å²) in [7, 11) is 0. The summed E-state index contributed by atoms with van der Waals surface area (Å²) < 4.78 is 53.5. The van der Waals surface area contributed by atoms with E-state index in [0.717, 1.165) is 5.56 Å². The first kappa shape index (κ1) is 20.6. The summed E-state index contributed by atoms with van der Waals surface area (Å²) in [6.45, 7) is 0.752. The molecule has 2 aromatic heterocycles. The van der Waals surface area contributed by atoms with Gasteiger partial charge in [-0.05, 0) is 34.2 Å². The molecule has 0 unspecified atom stereocenters. The predicted octanol–water partition coefficient (Wildman–Crippen LogP) is 3.73. The molecule has 0 radical (unpaired) electrons. The van der Waals surface area contributed by atoms with Gasteiger partial charge in [0.15, 0.2) is 0 Å². The maximum absolute atomic E-state index is 12.3. The Balaban J connectivity index is 1.38. The molecule has 0 amide bonds. The summed E-state index contributed by atoms with van der Waals surface area (Å²) in [6.07, 6.45) is -0.597. The van der Waals surface area contributed by atoms with Crippen LogP contribution in [0.5, 0.6) is 11.8 Å².